The highest BCUT2D eigenvalue weighted by Gasteiger charge is 2.49. The van der Waals surface area contributed by atoms with Crippen LogP contribution >= 0.6 is 0 Å². The van der Waals surface area contributed by atoms with Crippen molar-refractivity contribution in [3.63, 3.8) is 0 Å². The molecule has 0 unspecified atom stereocenters. The van der Waals surface area contributed by atoms with E-state index in [0.29, 0.717) is 6.61 Å². The fourth-order valence-electron chi connectivity index (χ4n) is 5.65. The Morgan fingerprint density at radius 3 is 2.08 bits per heavy atom. The first-order valence-electron chi connectivity index (χ1n) is 13.8. The van der Waals surface area contributed by atoms with E-state index in [1.54, 1.807) is 12.2 Å². The molecule has 1 aliphatic rings. The van der Waals surface area contributed by atoms with Gasteiger partial charge in [0.05, 0.1) is 6.61 Å². The van der Waals surface area contributed by atoms with Gasteiger partial charge in [0.2, 0.25) is 0 Å². The summed E-state index contributed by atoms with van der Waals surface area (Å²) >= 11 is 0. The maximum atomic E-state index is 14.6. The Hall–Kier alpha value is -2.75. The fourth-order valence-corrected chi connectivity index (χ4v) is 10.1. The van der Waals surface area contributed by atoms with Gasteiger partial charge in [0.15, 0.2) is 0 Å². The van der Waals surface area contributed by atoms with Crippen LogP contribution in [0, 0.1) is 5.41 Å². The predicted molar refractivity (Wildman–Crippen MR) is 165 cm³/mol. The van der Waals surface area contributed by atoms with Gasteiger partial charge in [0.1, 0.15) is 5.83 Å². The van der Waals surface area contributed by atoms with Crippen molar-refractivity contribution < 1.29 is 8.82 Å². The Balaban J connectivity index is 1.76. The van der Waals surface area contributed by atoms with Crippen LogP contribution in [0.25, 0.3) is 0 Å². The van der Waals surface area contributed by atoms with Crippen LogP contribution in [0.1, 0.15) is 67.7 Å². The normalized spacial score (nSPS) is 17.6. The molecule has 1 aliphatic carbocycles. The van der Waals surface area contributed by atoms with E-state index in [4.69, 9.17) is 4.43 Å². The summed E-state index contributed by atoms with van der Waals surface area (Å²) in [6.45, 7) is 16.0. The first kappa shape index (κ1) is 29.8. The lowest BCUT2D eigenvalue weighted by atomic mass is 9.72. The van der Waals surface area contributed by atoms with Gasteiger partial charge in [0.25, 0.3) is 8.32 Å². The van der Waals surface area contributed by atoms with Crippen molar-refractivity contribution in [2.75, 3.05) is 6.61 Å². The van der Waals surface area contributed by atoms with Crippen LogP contribution in [-0.4, -0.2) is 14.9 Å². The van der Waals surface area contributed by atoms with Gasteiger partial charge >= 0.3 is 0 Å². The molecule has 0 fully saturated rings. The third-order valence-electron chi connectivity index (χ3n) is 7.69. The van der Waals surface area contributed by atoms with Crippen LogP contribution in [-0.2, 0) is 4.43 Å². The van der Waals surface area contributed by atoms with Gasteiger partial charge in [0, 0.05) is 0 Å². The quantitative estimate of drug-likeness (QED) is 0.233. The highest BCUT2D eigenvalue weighted by atomic mass is 28.4. The molecule has 202 valence electrons. The molecular formula is C35H45FOSi. The van der Waals surface area contributed by atoms with Crippen molar-refractivity contribution in [2.24, 2.45) is 5.41 Å². The van der Waals surface area contributed by atoms with E-state index in [1.807, 2.05) is 19.1 Å². The minimum absolute atomic E-state index is 0.0633. The Bertz CT molecular complexity index is 1170. The van der Waals surface area contributed by atoms with Gasteiger partial charge in [-0.15, -0.1) is 0 Å². The number of allylic oxidation sites excluding steroid dienone is 9. The molecule has 0 amide bonds. The lowest BCUT2D eigenvalue weighted by Gasteiger charge is -2.42. The third kappa shape index (κ3) is 7.21. The van der Waals surface area contributed by atoms with Gasteiger partial charge in [-0.2, -0.15) is 0 Å². The van der Waals surface area contributed by atoms with E-state index in [9.17, 15) is 4.39 Å². The van der Waals surface area contributed by atoms with Crippen molar-refractivity contribution >= 4 is 18.7 Å². The maximum Gasteiger partial charge on any atom is 0.261 e. The predicted octanol–water partition coefficient (Wildman–Crippen LogP) is 9.00. The number of hydrogen-bond acceptors (Lipinski definition) is 1. The van der Waals surface area contributed by atoms with Crippen LogP contribution in [0.4, 0.5) is 4.39 Å². The van der Waals surface area contributed by atoms with Gasteiger partial charge in [-0.1, -0.05) is 131 Å². The molecule has 0 atom stereocenters. The number of benzene rings is 2. The van der Waals surface area contributed by atoms with Gasteiger partial charge in [-0.3, -0.25) is 0 Å². The zero-order valence-corrected chi connectivity index (χ0v) is 25.4. The van der Waals surface area contributed by atoms with Crippen molar-refractivity contribution in [2.45, 2.75) is 72.8 Å². The van der Waals surface area contributed by atoms with Crippen LogP contribution < -0.4 is 10.4 Å². The summed E-state index contributed by atoms with van der Waals surface area (Å²) in [5.74, 6) is -0.237. The molecule has 1 nitrogen and oxygen atoms in total. The highest BCUT2D eigenvalue weighted by Crippen LogP contribution is 2.41. The fraction of sp³-hybridized carbons (Fsp3) is 0.371. The Morgan fingerprint density at radius 2 is 1.55 bits per heavy atom. The zero-order chi connectivity index (χ0) is 27.8. The summed E-state index contributed by atoms with van der Waals surface area (Å²) < 4.78 is 21.5. The van der Waals surface area contributed by atoms with Gasteiger partial charge < -0.3 is 4.43 Å². The molecule has 0 aliphatic heterocycles. The molecule has 0 N–H and O–H groups in total. The second-order valence-electron chi connectivity index (χ2n) is 12.1. The van der Waals surface area contributed by atoms with Gasteiger partial charge in [-0.25, -0.2) is 4.39 Å². The Morgan fingerprint density at radius 1 is 0.974 bits per heavy atom. The lowest BCUT2D eigenvalue weighted by molar-refractivity contribution is 0.339. The third-order valence-corrected chi connectivity index (χ3v) is 12.7. The molecule has 0 saturated carbocycles. The highest BCUT2D eigenvalue weighted by molar-refractivity contribution is 6.99. The summed E-state index contributed by atoms with van der Waals surface area (Å²) in [5.41, 5.74) is 3.80. The number of rotatable bonds is 9. The molecule has 2 aromatic rings. The first-order valence-corrected chi connectivity index (χ1v) is 15.7. The average molecular weight is 529 g/mol. The standard InChI is InChI=1S/C35H45FOSi/c1-28(16-14-18-30(36)23-24-33-29(2)17-15-26-35(33,6)7)25-27-37-38(34(3,4)5,31-19-10-8-11-20-31)32-21-12-9-13-22-32/h8-14,16,18-25H,15,17,26-27H2,1-7H3/b16-14+,24-23+,28-25+,30-18-. The molecule has 38 heavy (non-hydrogen) atoms. The summed E-state index contributed by atoms with van der Waals surface area (Å²) in [4.78, 5) is 0. The molecule has 0 heterocycles. The van der Waals surface area contributed by atoms with E-state index in [1.165, 1.54) is 34.0 Å². The molecule has 0 radical (unpaired) electrons. The van der Waals surface area contributed by atoms with Crippen molar-refractivity contribution in [3.8, 4) is 0 Å². The molecule has 0 aromatic heterocycles. The molecule has 3 rings (SSSR count). The minimum Gasteiger partial charge on any atom is -0.404 e. The lowest BCUT2D eigenvalue weighted by Crippen LogP contribution is -2.66. The van der Waals surface area contributed by atoms with E-state index >= 15 is 0 Å². The monoisotopic (exact) mass is 528 g/mol. The molecular weight excluding hydrogens is 483 g/mol. The Labute approximate surface area is 231 Å². The number of hydrogen-bond donors (Lipinski definition) is 0. The Kier molecular flexibility index (Phi) is 10.1. The molecule has 0 spiro atoms. The molecule has 3 heteroatoms. The van der Waals surface area contributed by atoms with Crippen LogP contribution in [0.15, 0.2) is 120 Å². The van der Waals surface area contributed by atoms with Crippen molar-refractivity contribution in [1.82, 2.24) is 0 Å². The molecule has 0 saturated heterocycles. The topological polar surface area (TPSA) is 9.23 Å². The smallest absolute Gasteiger partial charge is 0.261 e. The minimum atomic E-state index is -2.56. The van der Waals surface area contributed by atoms with Gasteiger partial charge in [-0.05, 0) is 71.7 Å². The zero-order valence-electron chi connectivity index (χ0n) is 24.4. The van der Waals surface area contributed by atoms with E-state index in [-0.39, 0.29) is 16.3 Å². The first-order chi connectivity index (χ1) is 18.0. The van der Waals surface area contributed by atoms with Crippen molar-refractivity contribution in [3.05, 3.63) is 120 Å². The van der Waals surface area contributed by atoms with E-state index in [2.05, 4.69) is 108 Å². The molecule has 2 aromatic carbocycles. The van der Waals surface area contributed by atoms with Crippen molar-refractivity contribution in [1.29, 1.82) is 0 Å². The largest absolute Gasteiger partial charge is 0.404 e. The SMILES string of the molecule is CC1=C(/C=C/C(F)=C/C=C/C(C)=C/CO[Si](c2ccccc2)(c2ccccc2)C(C)(C)C)C(C)(C)CCC1. The summed E-state index contributed by atoms with van der Waals surface area (Å²) in [7, 11) is -2.56. The van der Waals surface area contributed by atoms with Crippen LogP contribution in [0.3, 0.4) is 0 Å². The van der Waals surface area contributed by atoms with Crippen LogP contribution in [0.5, 0.6) is 0 Å². The second kappa shape index (κ2) is 12.9. The second-order valence-corrected chi connectivity index (χ2v) is 16.4. The maximum absolute atomic E-state index is 14.6. The summed E-state index contributed by atoms with van der Waals surface area (Å²) in [5, 5.41) is 2.47. The summed E-state index contributed by atoms with van der Waals surface area (Å²) in [6.07, 6.45) is 14.4. The molecule has 0 bridgehead atoms. The average Bonchev–Trinajstić information content (AvgIpc) is 2.86. The van der Waals surface area contributed by atoms with Crippen LogP contribution in [0.2, 0.25) is 5.04 Å². The van der Waals surface area contributed by atoms with E-state index in [0.717, 1.165) is 18.4 Å². The summed E-state index contributed by atoms with van der Waals surface area (Å²) in [6, 6.07) is 21.3. The number of halogens is 1. The van der Waals surface area contributed by atoms with E-state index < -0.39 is 8.32 Å².